The largest absolute Gasteiger partial charge is 0.381 e. The van der Waals surface area contributed by atoms with Gasteiger partial charge < -0.3 is 15.4 Å². The number of rotatable bonds is 4. The standard InChI is InChI=1S/C13H24N2O2/c1-13(14,11-5-6-11)12(16)15(2)8-10-4-3-7-17-9-10/h10-11H,3-9,14H2,1-2H3. The first-order valence-corrected chi connectivity index (χ1v) is 6.64. The van der Waals surface area contributed by atoms with Crippen LogP contribution in [0.2, 0.25) is 0 Å². The Morgan fingerprint density at radius 1 is 1.47 bits per heavy atom. The Morgan fingerprint density at radius 2 is 2.18 bits per heavy atom. The number of likely N-dealkylation sites (N-methyl/N-ethyl adjacent to an activating group) is 1. The molecular weight excluding hydrogens is 216 g/mol. The summed E-state index contributed by atoms with van der Waals surface area (Å²) in [6.45, 7) is 4.30. The van der Waals surface area contributed by atoms with Crippen LogP contribution in [-0.4, -0.2) is 43.2 Å². The second kappa shape index (κ2) is 4.94. The fraction of sp³-hybridized carbons (Fsp3) is 0.923. The molecule has 2 N–H and O–H groups in total. The smallest absolute Gasteiger partial charge is 0.242 e. The quantitative estimate of drug-likeness (QED) is 0.797. The molecule has 1 amide bonds. The topological polar surface area (TPSA) is 55.6 Å². The van der Waals surface area contributed by atoms with Crippen molar-refractivity contribution in [1.82, 2.24) is 4.90 Å². The minimum atomic E-state index is -0.662. The van der Waals surface area contributed by atoms with Crippen molar-refractivity contribution in [3.8, 4) is 0 Å². The van der Waals surface area contributed by atoms with Crippen LogP contribution in [0.25, 0.3) is 0 Å². The maximum Gasteiger partial charge on any atom is 0.242 e. The van der Waals surface area contributed by atoms with Crippen molar-refractivity contribution >= 4 is 5.91 Å². The van der Waals surface area contributed by atoms with E-state index in [2.05, 4.69) is 0 Å². The highest BCUT2D eigenvalue weighted by Gasteiger charge is 2.45. The van der Waals surface area contributed by atoms with Crippen molar-refractivity contribution in [3.05, 3.63) is 0 Å². The summed E-state index contributed by atoms with van der Waals surface area (Å²) in [5.74, 6) is 0.957. The van der Waals surface area contributed by atoms with Crippen molar-refractivity contribution in [2.24, 2.45) is 17.6 Å². The van der Waals surface area contributed by atoms with Gasteiger partial charge in [-0.25, -0.2) is 0 Å². The van der Waals surface area contributed by atoms with E-state index in [0.29, 0.717) is 11.8 Å². The van der Waals surface area contributed by atoms with Crippen LogP contribution in [0.4, 0.5) is 0 Å². The average molecular weight is 240 g/mol. The molecule has 2 unspecified atom stereocenters. The number of nitrogens with two attached hydrogens (primary N) is 1. The van der Waals surface area contributed by atoms with Gasteiger partial charge in [0.25, 0.3) is 0 Å². The second-order valence-corrected chi connectivity index (χ2v) is 5.83. The van der Waals surface area contributed by atoms with Crippen molar-refractivity contribution in [2.45, 2.75) is 38.1 Å². The molecular formula is C13H24N2O2. The fourth-order valence-electron chi connectivity index (χ4n) is 2.69. The summed E-state index contributed by atoms with van der Waals surface area (Å²) in [6, 6.07) is 0. The Labute approximate surface area is 103 Å². The zero-order chi connectivity index (χ0) is 12.5. The highest BCUT2D eigenvalue weighted by molar-refractivity contribution is 5.86. The third kappa shape index (κ3) is 2.99. The predicted octanol–water partition coefficient (Wildman–Crippen LogP) is 0.999. The number of nitrogens with zero attached hydrogens (tertiary/aromatic N) is 1. The van der Waals surface area contributed by atoms with Gasteiger partial charge in [-0.05, 0) is 44.4 Å². The molecule has 0 aromatic carbocycles. The van der Waals surface area contributed by atoms with Crippen LogP contribution in [0.5, 0.6) is 0 Å². The molecule has 1 aliphatic carbocycles. The van der Waals surface area contributed by atoms with Gasteiger partial charge in [-0.2, -0.15) is 0 Å². The molecule has 98 valence electrons. The van der Waals surface area contributed by atoms with Crippen LogP contribution < -0.4 is 5.73 Å². The summed E-state index contributed by atoms with van der Waals surface area (Å²) < 4.78 is 5.44. The van der Waals surface area contributed by atoms with Crippen LogP contribution in [0, 0.1) is 11.8 Å². The minimum Gasteiger partial charge on any atom is -0.381 e. The Kier molecular flexibility index (Phi) is 3.73. The second-order valence-electron chi connectivity index (χ2n) is 5.83. The van der Waals surface area contributed by atoms with Crippen molar-refractivity contribution in [2.75, 3.05) is 26.8 Å². The van der Waals surface area contributed by atoms with E-state index in [1.54, 1.807) is 4.90 Å². The zero-order valence-electron chi connectivity index (χ0n) is 10.9. The van der Waals surface area contributed by atoms with E-state index in [0.717, 1.165) is 45.4 Å². The molecule has 1 saturated heterocycles. The first-order valence-electron chi connectivity index (χ1n) is 6.64. The third-order valence-electron chi connectivity index (χ3n) is 4.02. The van der Waals surface area contributed by atoms with Gasteiger partial charge in [0.05, 0.1) is 12.1 Å². The lowest BCUT2D eigenvalue weighted by Gasteiger charge is -2.32. The molecule has 0 spiro atoms. The van der Waals surface area contributed by atoms with Crippen LogP contribution in [-0.2, 0) is 9.53 Å². The molecule has 4 nitrogen and oxygen atoms in total. The van der Waals surface area contributed by atoms with Gasteiger partial charge >= 0.3 is 0 Å². The molecule has 4 heteroatoms. The van der Waals surface area contributed by atoms with Gasteiger partial charge in [-0.3, -0.25) is 4.79 Å². The van der Waals surface area contributed by atoms with Crippen molar-refractivity contribution in [1.29, 1.82) is 0 Å². The monoisotopic (exact) mass is 240 g/mol. The Bertz CT molecular complexity index is 281. The highest BCUT2D eigenvalue weighted by atomic mass is 16.5. The molecule has 0 aromatic rings. The van der Waals surface area contributed by atoms with Gasteiger partial charge in [0, 0.05) is 20.2 Å². The summed E-state index contributed by atoms with van der Waals surface area (Å²) in [6.07, 6.45) is 4.45. The number of hydrogen-bond donors (Lipinski definition) is 1. The van der Waals surface area contributed by atoms with Crippen LogP contribution in [0.1, 0.15) is 32.6 Å². The molecule has 0 radical (unpaired) electrons. The zero-order valence-corrected chi connectivity index (χ0v) is 10.9. The summed E-state index contributed by atoms with van der Waals surface area (Å²) in [5, 5.41) is 0. The van der Waals surface area contributed by atoms with Crippen LogP contribution in [0.3, 0.4) is 0 Å². The lowest BCUT2D eigenvalue weighted by molar-refractivity contribution is -0.137. The van der Waals surface area contributed by atoms with Crippen molar-refractivity contribution in [3.63, 3.8) is 0 Å². The fourth-order valence-corrected chi connectivity index (χ4v) is 2.69. The van der Waals surface area contributed by atoms with Crippen LogP contribution >= 0.6 is 0 Å². The Balaban J connectivity index is 1.85. The van der Waals surface area contributed by atoms with Crippen LogP contribution in [0.15, 0.2) is 0 Å². The number of carbonyl (C=O) groups is 1. The van der Waals surface area contributed by atoms with E-state index in [4.69, 9.17) is 10.5 Å². The summed E-state index contributed by atoms with van der Waals surface area (Å²) in [4.78, 5) is 14.1. The number of amides is 1. The van der Waals surface area contributed by atoms with E-state index in [-0.39, 0.29) is 5.91 Å². The van der Waals surface area contributed by atoms with Gasteiger partial charge in [0.2, 0.25) is 5.91 Å². The summed E-state index contributed by atoms with van der Waals surface area (Å²) >= 11 is 0. The highest BCUT2D eigenvalue weighted by Crippen LogP contribution is 2.38. The van der Waals surface area contributed by atoms with Crippen molar-refractivity contribution < 1.29 is 9.53 Å². The molecule has 1 aliphatic heterocycles. The first kappa shape index (κ1) is 12.8. The lowest BCUT2D eigenvalue weighted by Crippen LogP contribution is -2.54. The van der Waals surface area contributed by atoms with Gasteiger partial charge in [-0.1, -0.05) is 0 Å². The van der Waals surface area contributed by atoms with E-state index < -0.39 is 5.54 Å². The molecule has 2 rings (SSSR count). The summed E-state index contributed by atoms with van der Waals surface area (Å²) in [5.41, 5.74) is 5.49. The first-order chi connectivity index (χ1) is 8.01. The molecule has 1 saturated carbocycles. The van der Waals surface area contributed by atoms with Gasteiger partial charge in [0.15, 0.2) is 0 Å². The van der Waals surface area contributed by atoms with E-state index >= 15 is 0 Å². The Hall–Kier alpha value is -0.610. The molecule has 2 aliphatic rings. The molecule has 17 heavy (non-hydrogen) atoms. The number of carbonyl (C=O) groups excluding carboxylic acids is 1. The van der Waals surface area contributed by atoms with E-state index in [9.17, 15) is 4.79 Å². The molecule has 0 bridgehead atoms. The molecule has 0 aromatic heterocycles. The summed E-state index contributed by atoms with van der Waals surface area (Å²) in [7, 11) is 1.87. The van der Waals surface area contributed by atoms with Gasteiger partial charge in [-0.15, -0.1) is 0 Å². The normalized spacial score (nSPS) is 28.5. The SMILES string of the molecule is CN(CC1CCCOC1)C(=O)C(C)(N)C1CC1. The van der Waals surface area contributed by atoms with E-state index in [1.165, 1.54) is 0 Å². The number of ether oxygens (including phenoxy) is 1. The molecule has 2 atom stereocenters. The average Bonchev–Trinajstić information content (AvgIpc) is 3.13. The molecule has 2 fully saturated rings. The number of hydrogen-bond acceptors (Lipinski definition) is 3. The third-order valence-corrected chi connectivity index (χ3v) is 4.02. The lowest BCUT2D eigenvalue weighted by atomic mass is 9.94. The maximum absolute atomic E-state index is 12.3. The van der Waals surface area contributed by atoms with E-state index in [1.807, 2.05) is 14.0 Å². The minimum absolute atomic E-state index is 0.0885. The van der Waals surface area contributed by atoms with Gasteiger partial charge in [0.1, 0.15) is 0 Å². The molecule has 1 heterocycles. The predicted molar refractivity (Wildman–Crippen MR) is 66.5 cm³/mol. The maximum atomic E-state index is 12.3. The Morgan fingerprint density at radius 3 is 2.71 bits per heavy atom.